The molecule has 0 aromatic rings. The number of hydrogen-bond donors (Lipinski definition) is 1. The van der Waals surface area contributed by atoms with Crippen LogP contribution in [0, 0.1) is 5.92 Å². The molecule has 1 amide bonds. The van der Waals surface area contributed by atoms with E-state index in [0.717, 1.165) is 13.0 Å². The monoisotopic (exact) mass is 122 g/mol. The van der Waals surface area contributed by atoms with Gasteiger partial charge in [0, 0.05) is 42.5 Å². The Kier molecular flexibility index (Phi) is 3.69. The van der Waals surface area contributed by atoms with Crippen molar-refractivity contribution in [1.82, 2.24) is 5.32 Å². The van der Waals surface area contributed by atoms with Crippen LogP contribution in [0.5, 0.6) is 0 Å². The molecule has 1 aliphatic rings. The van der Waals surface area contributed by atoms with E-state index in [4.69, 9.17) is 0 Å². The molecule has 0 aromatic carbocycles. The Morgan fingerprint density at radius 2 is 2.38 bits per heavy atom. The van der Waals surface area contributed by atoms with E-state index in [-0.39, 0.29) is 35.5 Å². The third-order valence-electron chi connectivity index (χ3n) is 1.18. The van der Waals surface area contributed by atoms with Gasteiger partial charge >= 0.3 is 0 Å². The summed E-state index contributed by atoms with van der Waals surface area (Å²) in [5.41, 5.74) is 0. The van der Waals surface area contributed by atoms with Crippen LogP contribution in [0.4, 0.5) is 0 Å². The van der Waals surface area contributed by atoms with Gasteiger partial charge in [-0.2, -0.15) is 0 Å². The normalized spacial score (nSPS) is 26.6. The maximum absolute atomic E-state index is 10.3. The Balaban J connectivity index is 0.000000490. The first-order chi connectivity index (χ1) is 3.29. The first-order valence-electron chi connectivity index (χ1n) is 2.56. The van der Waals surface area contributed by atoms with Gasteiger partial charge in [0.25, 0.3) is 0 Å². The van der Waals surface area contributed by atoms with Gasteiger partial charge in [-0.25, -0.2) is 0 Å². The summed E-state index contributed by atoms with van der Waals surface area (Å²) in [7, 11) is 0. The summed E-state index contributed by atoms with van der Waals surface area (Å²) in [5.74, 6) is 0.764. The smallest absolute Gasteiger partial charge is 0.220 e. The molecule has 1 unspecified atom stereocenters. The minimum atomic E-state index is 0. The molecule has 1 rings (SSSR count). The zero-order valence-electron chi connectivity index (χ0n) is 5.40. The molecule has 0 aliphatic carbocycles. The second kappa shape index (κ2) is 3.49. The zero-order chi connectivity index (χ0) is 5.28. The molecule has 3 heteroatoms. The Labute approximate surface area is 71.3 Å². The molecule has 1 radical (unpaired) electrons. The van der Waals surface area contributed by atoms with Crippen molar-refractivity contribution in [2.75, 3.05) is 6.54 Å². The van der Waals surface area contributed by atoms with Gasteiger partial charge in [0.15, 0.2) is 0 Å². The van der Waals surface area contributed by atoms with E-state index < -0.39 is 0 Å². The molecule has 41 valence electrons. The van der Waals surface area contributed by atoms with Crippen LogP contribution in [-0.2, 0) is 4.79 Å². The maximum atomic E-state index is 10.3. The summed E-state index contributed by atoms with van der Waals surface area (Å²) in [6.07, 6.45) is 0.722. The Bertz CT molecular complexity index is 94.4. The molecular weight excluding hydrogens is 113 g/mol. The fraction of sp³-hybridized carbons (Fsp3) is 0.800. The van der Waals surface area contributed by atoms with Crippen LogP contribution in [0.2, 0.25) is 0 Å². The van der Waals surface area contributed by atoms with E-state index >= 15 is 0 Å². The van der Waals surface area contributed by atoms with Crippen LogP contribution in [0.25, 0.3) is 0 Å². The predicted molar refractivity (Wildman–Crippen MR) is 32.5 cm³/mol. The molecular formula is C5H9NNaO. The van der Waals surface area contributed by atoms with E-state index in [1.165, 1.54) is 0 Å². The molecule has 1 heterocycles. The summed E-state index contributed by atoms with van der Waals surface area (Å²) in [5, 5.41) is 2.73. The van der Waals surface area contributed by atoms with Crippen molar-refractivity contribution in [3.63, 3.8) is 0 Å². The minimum Gasteiger partial charge on any atom is -0.356 e. The van der Waals surface area contributed by atoms with Crippen molar-refractivity contribution in [3.8, 4) is 0 Å². The van der Waals surface area contributed by atoms with Crippen molar-refractivity contribution in [3.05, 3.63) is 0 Å². The Morgan fingerprint density at radius 1 is 1.75 bits per heavy atom. The van der Waals surface area contributed by atoms with Gasteiger partial charge in [0.05, 0.1) is 0 Å². The first kappa shape index (κ1) is 8.47. The fourth-order valence-corrected chi connectivity index (χ4v) is 0.749. The molecule has 0 aromatic heterocycles. The first-order valence-corrected chi connectivity index (χ1v) is 2.56. The summed E-state index contributed by atoms with van der Waals surface area (Å²) in [6, 6.07) is 0. The van der Waals surface area contributed by atoms with Gasteiger partial charge in [0.2, 0.25) is 5.91 Å². The van der Waals surface area contributed by atoms with Crippen molar-refractivity contribution in [2.24, 2.45) is 5.92 Å². The zero-order valence-corrected chi connectivity index (χ0v) is 7.40. The quantitative estimate of drug-likeness (QED) is 0.441. The largest absolute Gasteiger partial charge is 0.356 e. The SMILES string of the molecule is CC1CNC(=O)C1.[Na]. The second-order valence-electron chi connectivity index (χ2n) is 2.11. The van der Waals surface area contributed by atoms with Crippen molar-refractivity contribution < 1.29 is 4.79 Å². The van der Waals surface area contributed by atoms with Gasteiger partial charge < -0.3 is 5.32 Å². The van der Waals surface area contributed by atoms with Crippen LogP contribution in [0.3, 0.4) is 0 Å². The van der Waals surface area contributed by atoms with Gasteiger partial charge in [-0.1, -0.05) is 6.92 Å². The number of hydrogen-bond acceptors (Lipinski definition) is 1. The average molecular weight is 122 g/mol. The van der Waals surface area contributed by atoms with Gasteiger partial charge in [-0.15, -0.1) is 0 Å². The molecule has 0 spiro atoms. The van der Waals surface area contributed by atoms with Crippen LogP contribution in [0.15, 0.2) is 0 Å². The summed E-state index contributed by atoms with van der Waals surface area (Å²) >= 11 is 0. The third-order valence-corrected chi connectivity index (χ3v) is 1.18. The molecule has 1 aliphatic heterocycles. The van der Waals surface area contributed by atoms with E-state index in [9.17, 15) is 4.79 Å². The standard InChI is InChI=1S/C5H9NO.Na/c1-4-2-5(7)6-3-4;/h4H,2-3H2,1H3,(H,6,7);. The van der Waals surface area contributed by atoms with E-state index in [1.807, 2.05) is 0 Å². The van der Waals surface area contributed by atoms with Crippen LogP contribution >= 0.6 is 0 Å². The van der Waals surface area contributed by atoms with E-state index in [2.05, 4.69) is 12.2 Å². The number of carbonyl (C=O) groups excluding carboxylic acids is 1. The third kappa shape index (κ3) is 2.16. The van der Waals surface area contributed by atoms with Crippen molar-refractivity contribution in [2.45, 2.75) is 13.3 Å². The summed E-state index contributed by atoms with van der Waals surface area (Å²) < 4.78 is 0. The molecule has 1 N–H and O–H groups in total. The topological polar surface area (TPSA) is 29.1 Å². The van der Waals surface area contributed by atoms with Crippen LogP contribution in [0.1, 0.15) is 13.3 Å². The van der Waals surface area contributed by atoms with E-state index in [1.54, 1.807) is 0 Å². The van der Waals surface area contributed by atoms with Gasteiger partial charge in [0.1, 0.15) is 0 Å². The molecule has 8 heavy (non-hydrogen) atoms. The van der Waals surface area contributed by atoms with Crippen LogP contribution in [-0.4, -0.2) is 42.0 Å². The van der Waals surface area contributed by atoms with Crippen molar-refractivity contribution >= 4 is 35.5 Å². The Hall–Kier alpha value is 0.470. The number of carbonyl (C=O) groups is 1. The molecule has 0 saturated carbocycles. The molecule has 0 bridgehead atoms. The molecule has 2 nitrogen and oxygen atoms in total. The number of nitrogens with one attached hydrogen (secondary N) is 1. The summed E-state index contributed by atoms with van der Waals surface area (Å²) in [6.45, 7) is 2.94. The predicted octanol–water partition coefficient (Wildman–Crippen LogP) is -0.238. The average Bonchev–Trinajstić information content (AvgIpc) is 1.87. The van der Waals surface area contributed by atoms with Gasteiger partial charge in [-0.3, -0.25) is 4.79 Å². The number of rotatable bonds is 0. The minimum absolute atomic E-state index is 0. The number of amides is 1. The molecule has 1 atom stereocenters. The summed E-state index contributed by atoms with van der Waals surface area (Å²) in [4.78, 5) is 10.3. The second-order valence-corrected chi connectivity index (χ2v) is 2.11. The van der Waals surface area contributed by atoms with Crippen LogP contribution < -0.4 is 5.32 Å². The molecule has 1 saturated heterocycles. The Morgan fingerprint density at radius 3 is 2.50 bits per heavy atom. The van der Waals surface area contributed by atoms with Crippen molar-refractivity contribution in [1.29, 1.82) is 0 Å². The molecule has 1 fully saturated rings. The maximum Gasteiger partial charge on any atom is 0.220 e. The fourth-order valence-electron chi connectivity index (χ4n) is 0.749. The van der Waals surface area contributed by atoms with E-state index in [0.29, 0.717) is 5.92 Å². The van der Waals surface area contributed by atoms with Gasteiger partial charge in [-0.05, 0) is 5.92 Å².